The summed E-state index contributed by atoms with van der Waals surface area (Å²) in [5, 5.41) is 27.2. The number of carboxylic acids is 1. The van der Waals surface area contributed by atoms with Gasteiger partial charge in [0.25, 0.3) is 0 Å². The Bertz CT molecular complexity index is 373. The van der Waals surface area contributed by atoms with Gasteiger partial charge in [-0.25, -0.2) is 9.48 Å². The fourth-order valence-corrected chi connectivity index (χ4v) is 0.866. The van der Waals surface area contributed by atoms with Gasteiger partial charge < -0.3 is 15.5 Å². The van der Waals surface area contributed by atoms with Crippen LogP contribution in [0.3, 0.4) is 0 Å². The first-order valence-electron chi connectivity index (χ1n) is 4.48. The van der Waals surface area contributed by atoms with E-state index >= 15 is 0 Å². The average Bonchev–Trinajstić information content (AvgIpc) is 2.67. The Morgan fingerprint density at radius 1 is 1.56 bits per heavy atom. The van der Waals surface area contributed by atoms with Crippen LogP contribution < -0.4 is 5.32 Å². The molecule has 0 aromatic carbocycles. The summed E-state index contributed by atoms with van der Waals surface area (Å²) >= 11 is 0. The number of nitrogens with zero attached hydrogens (tertiary/aromatic N) is 3. The highest BCUT2D eigenvalue weighted by atomic mass is 16.4. The SMILES string of the molecule is CC(O)(CNC(=O)Cn1ccnn1)C(=O)O. The lowest BCUT2D eigenvalue weighted by molar-refractivity contribution is -0.156. The van der Waals surface area contributed by atoms with Crippen molar-refractivity contribution in [2.75, 3.05) is 6.54 Å². The van der Waals surface area contributed by atoms with Gasteiger partial charge in [-0.3, -0.25) is 4.79 Å². The summed E-state index contributed by atoms with van der Waals surface area (Å²) in [6.07, 6.45) is 2.91. The van der Waals surface area contributed by atoms with E-state index in [-0.39, 0.29) is 13.1 Å². The van der Waals surface area contributed by atoms with Crippen LogP contribution >= 0.6 is 0 Å². The number of aliphatic carboxylic acids is 1. The van der Waals surface area contributed by atoms with Crippen LogP contribution in [-0.4, -0.2) is 49.2 Å². The molecule has 0 fully saturated rings. The summed E-state index contributed by atoms with van der Waals surface area (Å²) in [7, 11) is 0. The number of rotatable bonds is 5. The van der Waals surface area contributed by atoms with Gasteiger partial charge in [-0.1, -0.05) is 5.21 Å². The average molecular weight is 228 g/mol. The fraction of sp³-hybridized carbons (Fsp3) is 0.500. The van der Waals surface area contributed by atoms with E-state index in [1.807, 2.05) is 0 Å². The molecule has 0 radical (unpaired) electrons. The van der Waals surface area contributed by atoms with Gasteiger partial charge in [0.15, 0.2) is 5.60 Å². The van der Waals surface area contributed by atoms with Gasteiger partial charge >= 0.3 is 5.97 Å². The van der Waals surface area contributed by atoms with Crippen molar-refractivity contribution in [3.05, 3.63) is 12.4 Å². The normalized spacial score (nSPS) is 14.1. The molecule has 0 bridgehead atoms. The van der Waals surface area contributed by atoms with E-state index in [2.05, 4.69) is 15.6 Å². The van der Waals surface area contributed by atoms with Crippen molar-refractivity contribution in [1.82, 2.24) is 20.3 Å². The summed E-state index contributed by atoms with van der Waals surface area (Å²) in [5.74, 6) is -1.85. The number of nitrogens with one attached hydrogen (secondary N) is 1. The van der Waals surface area contributed by atoms with Crippen LogP contribution in [0.2, 0.25) is 0 Å². The van der Waals surface area contributed by atoms with Crippen LogP contribution in [-0.2, 0) is 16.1 Å². The maximum Gasteiger partial charge on any atom is 0.337 e. The number of carboxylic acid groups (broad SMARTS) is 1. The van der Waals surface area contributed by atoms with Gasteiger partial charge in [0.1, 0.15) is 6.54 Å². The maximum atomic E-state index is 11.3. The molecule has 1 rings (SSSR count). The van der Waals surface area contributed by atoms with Gasteiger partial charge in [0, 0.05) is 6.20 Å². The molecule has 1 amide bonds. The van der Waals surface area contributed by atoms with Gasteiger partial charge in [-0.05, 0) is 6.92 Å². The first-order chi connectivity index (χ1) is 7.42. The van der Waals surface area contributed by atoms with Crippen LogP contribution in [0.25, 0.3) is 0 Å². The van der Waals surface area contributed by atoms with E-state index in [4.69, 9.17) is 5.11 Å². The van der Waals surface area contributed by atoms with Gasteiger partial charge in [0.05, 0.1) is 12.7 Å². The summed E-state index contributed by atoms with van der Waals surface area (Å²) in [5.41, 5.74) is -1.97. The molecule has 1 atom stereocenters. The van der Waals surface area contributed by atoms with Crippen LogP contribution in [0, 0.1) is 0 Å². The van der Waals surface area contributed by atoms with E-state index in [9.17, 15) is 14.7 Å². The van der Waals surface area contributed by atoms with E-state index in [0.717, 1.165) is 6.92 Å². The van der Waals surface area contributed by atoms with Gasteiger partial charge in [-0.15, -0.1) is 5.10 Å². The summed E-state index contributed by atoms with van der Waals surface area (Å²) in [4.78, 5) is 21.8. The molecule has 1 aromatic heterocycles. The molecule has 0 saturated heterocycles. The van der Waals surface area contributed by atoms with E-state index in [1.165, 1.54) is 17.1 Å². The van der Waals surface area contributed by atoms with Gasteiger partial charge in [0.2, 0.25) is 5.91 Å². The predicted molar refractivity (Wildman–Crippen MR) is 51.3 cm³/mol. The molecule has 0 aliphatic heterocycles. The second-order valence-corrected chi connectivity index (χ2v) is 3.46. The van der Waals surface area contributed by atoms with Crippen molar-refractivity contribution in [3.63, 3.8) is 0 Å². The third-order valence-corrected chi connectivity index (χ3v) is 1.87. The standard InChI is InChI=1S/C8H12N4O4/c1-8(16,7(14)15)5-9-6(13)4-12-3-2-10-11-12/h2-3,16H,4-5H2,1H3,(H,9,13)(H,14,15). The van der Waals surface area contributed by atoms with Crippen LogP contribution in [0.1, 0.15) is 6.92 Å². The quantitative estimate of drug-likeness (QED) is 0.549. The van der Waals surface area contributed by atoms with E-state index in [0.29, 0.717) is 0 Å². The zero-order valence-electron chi connectivity index (χ0n) is 8.62. The third kappa shape index (κ3) is 3.31. The van der Waals surface area contributed by atoms with Crippen LogP contribution in [0.5, 0.6) is 0 Å². The minimum Gasteiger partial charge on any atom is -0.479 e. The number of carbonyl (C=O) groups excluding carboxylic acids is 1. The molecule has 8 nitrogen and oxygen atoms in total. The zero-order chi connectivity index (χ0) is 12.2. The molecular formula is C8H12N4O4. The number of carbonyl (C=O) groups is 2. The van der Waals surface area contributed by atoms with E-state index < -0.39 is 17.5 Å². The molecular weight excluding hydrogens is 216 g/mol. The first kappa shape index (κ1) is 12.1. The second-order valence-electron chi connectivity index (χ2n) is 3.46. The van der Waals surface area contributed by atoms with Gasteiger partial charge in [-0.2, -0.15) is 0 Å². The highest BCUT2D eigenvalue weighted by Crippen LogP contribution is 2.00. The maximum absolute atomic E-state index is 11.3. The zero-order valence-corrected chi connectivity index (χ0v) is 8.62. The Labute approximate surface area is 90.9 Å². The molecule has 16 heavy (non-hydrogen) atoms. The first-order valence-corrected chi connectivity index (χ1v) is 4.48. The summed E-state index contributed by atoms with van der Waals surface area (Å²) in [6.45, 7) is 0.663. The Morgan fingerprint density at radius 3 is 2.75 bits per heavy atom. The molecule has 8 heteroatoms. The largest absolute Gasteiger partial charge is 0.479 e. The van der Waals surface area contributed by atoms with Crippen LogP contribution in [0.15, 0.2) is 12.4 Å². The predicted octanol–water partition coefficient (Wildman–Crippen LogP) is -1.77. The number of amides is 1. The van der Waals surface area contributed by atoms with Crippen molar-refractivity contribution < 1.29 is 19.8 Å². The third-order valence-electron chi connectivity index (χ3n) is 1.87. The van der Waals surface area contributed by atoms with Crippen molar-refractivity contribution in [2.24, 2.45) is 0 Å². The Balaban J connectivity index is 2.39. The number of aromatic nitrogens is 3. The lowest BCUT2D eigenvalue weighted by Gasteiger charge is -2.18. The molecule has 0 saturated carbocycles. The lowest BCUT2D eigenvalue weighted by Crippen LogP contribution is -2.47. The minimum absolute atomic E-state index is 0.0737. The Kier molecular flexibility index (Phi) is 3.56. The number of hydrogen-bond acceptors (Lipinski definition) is 5. The molecule has 0 spiro atoms. The molecule has 1 unspecified atom stereocenters. The molecule has 0 aliphatic rings. The molecule has 0 aliphatic carbocycles. The number of hydrogen-bond donors (Lipinski definition) is 3. The van der Waals surface area contributed by atoms with Crippen molar-refractivity contribution in [2.45, 2.75) is 19.1 Å². The molecule has 1 aromatic rings. The Hall–Kier alpha value is -1.96. The topological polar surface area (TPSA) is 117 Å². The number of aliphatic hydroxyl groups is 1. The smallest absolute Gasteiger partial charge is 0.337 e. The molecule has 3 N–H and O–H groups in total. The molecule has 1 heterocycles. The van der Waals surface area contributed by atoms with Crippen molar-refractivity contribution in [1.29, 1.82) is 0 Å². The molecule has 88 valence electrons. The second kappa shape index (κ2) is 4.71. The lowest BCUT2D eigenvalue weighted by atomic mass is 10.1. The Morgan fingerprint density at radius 2 is 2.25 bits per heavy atom. The van der Waals surface area contributed by atoms with E-state index in [1.54, 1.807) is 0 Å². The monoisotopic (exact) mass is 228 g/mol. The minimum atomic E-state index is -1.97. The fourth-order valence-electron chi connectivity index (χ4n) is 0.866. The summed E-state index contributed by atoms with van der Waals surface area (Å²) < 4.78 is 1.28. The summed E-state index contributed by atoms with van der Waals surface area (Å²) in [6, 6.07) is 0. The highest BCUT2D eigenvalue weighted by Gasteiger charge is 2.30. The van der Waals surface area contributed by atoms with Crippen molar-refractivity contribution >= 4 is 11.9 Å². The van der Waals surface area contributed by atoms with Crippen molar-refractivity contribution in [3.8, 4) is 0 Å². The van der Waals surface area contributed by atoms with Crippen LogP contribution in [0.4, 0.5) is 0 Å². The highest BCUT2D eigenvalue weighted by molar-refractivity contribution is 5.80.